The van der Waals surface area contributed by atoms with E-state index >= 15 is 0 Å². The summed E-state index contributed by atoms with van der Waals surface area (Å²) in [6, 6.07) is 8.78. The molecular formula is C19H30N4. The molecule has 23 heavy (non-hydrogen) atoms. The monoisotopic (exact) mass is 314 g/mol. The average molecular weight is 314 g/mol. The number of fused-ring (bicyclic) bond motifs is 1. The first-order valence-electron chi connectivity index (χ1n) is 9.05. The summed E-state index contributed by atoms with van der Waals surface area (Å²) in [7, 11) is 1.90. The van der Waals surface area contributed by atoms with Crippen LogP contribution in [0, 0.1) is 5.92 Å². The van der Waals surface area contributed by atoms with Crippen LogP contribution in [0.4, 0.5) is 0 Å². The molecule has 0 bridgehead atoms. The van der Waals surface area contributed by atoms with Crippen LogP contribution < -0.4 is 5.32 Å². The Labute approximate surface area is 140 Å². The highest BCUT2D eigenvalue weighted by atomic mass is 15.3. The SMILES string of the molecule is CCCN1CCC(CNC(=NC)N2CCc3ccccc3C2)C1. The van der Waals surface area contributed by atoms with Gasteiger partial charge in [-0.15, -0.1) is 0 Å². The highest BCUT2D eigenvalue weighted by molar-refractivity contribution is 5.80. The standard InChI is InChI=1S/C19H30N4/c1-3-10-22-11-8-16(14-22)13-21-19(20-2)23-12-9-17-6-4-5-7-18(17)15-23/h4-7,16H,3,8-15H2,1-2H3,(H,20,21). The Balaban J connectivity index is 1.51. The number of aliphatic imine (C=N–C) groups is 1. The first-order chi connectivity index (χ1) is 11.3. The van der Waals surface area contributed by atoms with Crippen molar-refractivity contribution in [3.8, 4) is 0 Å². The number of nitrogens with zero attached hydrogens (tertiary/aromatic N) is 3. The fourth-order valence-electron chi connectivity index (χ4n) is 3.84. The van der Waals surface area contributed by atoms with Crippen molar-refractivity contribution in [2.24, 2.45) is 10.9 Å². The fraction of sp³-hybridized carbons (Fsp3) is 0.632. The predicted molar refractivity (Wildman–Crippen MR) is 96.8 cm³/mol. The number of guanidine groups is 1. The molecule has 1 aromatic carbocycles. The second kappa shape index (κ2) is 7.82. The Morgan fingerprint density at radius 1 is 1.26 bits per heavy atom. The highest BCUT2D eigenvalue weighted by Crippen LogP contribution is 2.19. The van der Waals surface area contributed by atoms with E-state index in [0.717, 1.165) is 37.9 Å². The van der Waals surface area contributed by atoms with E-state index in [9.17, 15) is 0 Å². The molecule has 0 spiro atoms. The van der Waals surface area contributed by atoms with Gasteiger partial charge in [0.2, 0.25) is 0 Å². The number of rotatable bonds is 4. The maximum absolute atomic E-state index is 4.52. The van der Waals surface area contributed by atoms with Crippen LogP contribution in [-0.2, 0) is 13.0 Å². The van der Waals surface area contributed by atoms with Crippen molar-refractivity contribution >= 4 is 5.96 Å². The molecule has 1 saturated heterocycles. The molecule has 2 aliphatic rings. The summed E-state index contributed by atoms with van der Waals surface area (Å²) < 4.78 is 0. The van der Waals surface area contributed by atoms with Crippen LogP contribution in [0.2, 0.25) is 0 Å². The second-order valence-corrected chi connectivity index (χ2v) is 6.82. The Hall–Kier alpha value is -1.55. The molecule has 126 valence electrons. The van der Waals surface area contributed by atoms with Gasteiger partial charge in [0.15, 0.2) is 5.96 Å². The third-order valence-corrected chi connectivity index (χ3v) is 5.10. The van der Waals surface area contributed by atoms with Gasteiger partial charge in [-0.2, -0.15) is 0 Å². The summed E-state index contributed by atoms with van der Waals surface area (Å²) in [5, 5.41) is 3.62. The molecule has 0 saturated carbocycles. The molecule has 0 aromatic heterocycles. The maximum atomic E-state index is 4.52. The summed E-state index contributed by atoms with van der Waals surface area (Å²) >= 11 is 0. The zero-order valence-corrected chi connectivity index (χ0v) is 14.6. The number of hydrogen-bond acceptors (Lipinski definition) is 2. The van der Waals surface area contributed by atoms with Crippen molar-refractivity contribution < 1.29 is 0 Å². The third-order valence-electron chi connectivity index (χ3n) is 5.10. The minimum Gasteiger partial charge on any atom is -0.356 e. The average Bonchev–Trinajstić information content (AvgIpc) is 3.03. The maximum Gasteiger partial charge on any atom is 0.193 e. The van der Waals surface area contributed by atoms with Gasteiger partial charge in [0.25, 0.3) is 0 Å². The first-order valence-corrected chi connectivity index (χ1v) is 9.05. The van der Waals surface area contributed by atoms with E-state index in [0.29, 0.717) is 0 Å². The van der Waals surface area contributed by atoms with Gasteiger partial charge in [-0.1, -0.05) is 31.2 Å². The fourth-order valence-corrected chi connectivity index (χ4v) is 3.84. The van der Waals surface area contributed by atoms with Crippen molar-refractivity contribution in [3.63, 3.8) is 0 Å². The lowest BCUT2D eigenvalue weighted by molar-refractivity contribution is 0.322. The van der Waals surface area contributed by atoms with E-state index in [1.807, 2.05) is 7.05 Å². The van der Waals surface area contributed by atoms with Gasteiger partial charge in [0, 0.05) is 33.2 Å². The van der Waals surface area contributed by atoms with Crippen molar-refractivity contribution in [1.29, 1.82) is 0 Å². The molecule has 1 fully saturated rings. The largest absolute Gasteiger partial charge is 0.356 e. The predicted octanol–water partition coefficient (Wildman–Crippen LogP) is 2.35. The van der Waals surface area contributed by atoms with Crippen LogP contribution in [0.15, 0.2) is 29.3 Å². The van der Waals surface area contributed by atoms with Crippen molar-refractivity contribution in [3.05, 3.63) is 35.4 Å². The first kappa shape index (κ1) is 16.3. The van der Waals surface area contributed by atoms with Crippen LogP contribution >= 0.6 is 0 Å². The zero-order valence-electron chi connectivity index (χ0n) is 14.6. The van der Waals surface area contributed by atoms with E-state index in [1.54, 1.807) is 0 Å². The zero-order chi connectivity index (χ0) is 16.1. The molecule has 1 unspecified atom stereocenters. The molecular weight excluding hydrogens is 284 g/mol. The third kappa shape index (κ3) is 4.05. The smallest absolute Gasteiger partial charge is 0.193 e. The van der Waals surface area contributed by atoms with Crippen LogP contribution in [0.5, 0.6) is 0 Å². The molecule has 4 heteroatoms. The highest BCUT2D eigenvalue weighted by Gasteiger charge is 2.23. The van der Waals surface area contributed by atoms with Gasteiger partial charge < -0.3 is 15.1 Å². The Kier molecular flexibility index (Phi) is 5.55. The molecule has 0 radical (unpaired) electrons. The molecule has 2 heterocycles. The van der Waals surface area contributed by atoms with E-state index in [4.69, 9.17) is 0 Å². The molecule has 0 amide bonds. The van der Waals surface area contributed by atoms with Gasteiger partial charge in [-0.05, 0) is 49.4 Å². The lowest BCUT2D eigenvalue weighted by Crippen LogP contribution is -2.45. The lowest BCUT2D eigenvalue weighted by atomic mass is 10.0. The van der Waals surface area contributed by atoms with Crippen LogP contribution in [0.3, 0.4) is 0 Å². The molecule has 3 rings (SSSR count). The van der Waals surface area contributed by atoms with Gasteiger partial charge in [0.1, 0.15) is 0 Å². The number of benzene rings is 1. The second-order valence-electron chi connectivity index (χ2n) is 6.82. The molecule has 1 N–H and O–H groups in total. The minimum absolute atomic E-state index is 0.760. The molecule has 4 nitrogen and oxygen atoms in total. The summed E-state index contributed by atoms with van der Waals surface area (Å²) in [6.07, 6.45) is 3.69. The normalized spacial score (nSPS) is 22.3. The van der Waals surface area contributed by atoms with Crippen molar-refractivity contribution in [2.45, 2.75) is 32.7 Å². The van der Waals surface area contributed by atoms with Crippen molar-refractivity contribution in [2.75, 3.05) is 39.8 Å². The quantitative estimate of drug-likeness (QED) is 0.684. The van der Waals surface area contributed by atoms with Gasteiger partial charge in [-0.25, -0.2) is 0 Å². The van der Waals surface area contributed by atoms with Gasteiger partial charge in [0.05, 0.1) is 0 Å². The number of hydrogen-bond donors (Lipinski definition) is 1. The van der Waals surface area contributed by atoms with E-state index < -0.39 is 0 Å². The molecule has 2 aliphatic heterocycles. The van der Waals surface area contributed by atoms with Gasteiger partial charge >= 0.3 is 0 Å². The molecule has 1 aromatic rings. The molecule has 0 aliphatic carbocycles. The summed E-state index contributed by atoms with van der Waals surface area (Å²) in [6.45, 7) is 9.09. The summed E-state index contributed by atoms with van der Waals surface area (Å²) in [4.78, 5) is 9.50. The van der Waals surface area contributed by atoms with E-state index in [2.05, 4.69) is 51.3 Å². The van der Waals surface area contributed by atoms with Crippen LogP contribution in [0.1, 0.15) is 30.9 Å². The number of likely N-dealkylation sites (tertiary alicyclic amines) is 1. The van der Waals surface area contributed by atoms with Crippen molar-refractivity contribution in [1.82, 2.24) is 15.1 Å². The number of nitrogens with one attached hydrogen (secondary N) is 1. The van der Waals surface area contributed by atoms with Crippen LogP contribution in [-0.4, -0.2) is 55.5 Å². The summed E-state index contributed by atoms with van der Waals surface area (Å²) in [5.41, 5.74) is 2.93. The lowest BCUT2D eigenvalue weighted by Gasteiger charge is -2.32. The Bertz CT molecular complexity index is 540. The topological polar surface area (TPSA) is 30.9 Å². The van der Waals surface area contributed by atoms with E-state index in [-0.39, 0.29) is 0 Å². The molecule has 1 atom stereocenters. The van der Waals surface area contributed by atoms with E-state index in [1.165, 1.54) is 43.6 Å². The Morgan fingerprint density at radius 3 is 2.87 bits per heavy atom. The van der Waals surface area contributed by atoms with Crippen LogP contribution in [0.25, 0.3) is 0 Å². The Morgan fingerprint density at radius 2 is 2.09 bits per heavy atom. The van der Waals surface area contributed by atoms with Gasteiger partial charge in [-0.3, -0.25) is 4.99 Å². The minimum atomic E-state index is 0.760. The summed E-state index contributed by atoms with van der Waals surface area (Å²) in [5.74, 6) is 1.82.